The van der Waals surface area contributed by atoms with E-state index in [-0.39, 0.29) is 31.1 Å². The molecule has 5 rings (SSSR count). The molecule has 45 heavy (non-hydrogen) atoms. The molecule has 0 aliphatic carbocycles. The number of non-ortho nitro benzene ring substituents is 1. The molecular weight excluding hydrogens is 586 g/mol. The van der Waals surface area contributed by atoms with Crippen LogP contribution in [0.2, 0.25) is 0 Å². The Morgan fingerprint density at radius 2 is 1.71 bits per heavy atom. The highest BCUT2D eigenvalue weighted by molar-refractivity contribution is 6.04. The van der Waals surface area contributed by atoms with Gasteiger partial charge >= 0.3 is 12.0 Å². The van der Waals surface area contributed by atoms with Crippen molar-refractivity contribution in [1.29, 1.82) is 0 Å². The number of hydrogen-bond acceptors (Lipinski definition) is 10. The molecule has 234 valence electrons. The number of amides is 3. The van der Waals surface area contributed by atoms with E-state index in [1.165, 1.54) is 43.1 Å². The van der Waals surface area contributed by atoms with Crippen molar-refractivity contribution in [2.45, 2.75) is 31.7 Å². The average Bonchev–Trinajstić information content (AvgIpc) is 3.03. The maximum Gasteiger partial charge on any atom is 0.338 e. The number of urea groups is 1. The number of Topliss-reactive ketones (excluding diaryl/α,β-unsaturated/α-hetero) is 1. The van der Waals surface area contributed by atoms with Crippen LogP contribution in [0.5, 0.6) is 11.5 Å². The zero-order valence-electron chi connectivity index (χ0n) is 24.8. The van der Waals surface area contributed by atoms with Crippen molar-refractivity contribution < 1.29 is 43.0 Å². The molecule has 13 nitrogen and oxygen atoms in total. The second-order valence-electron chi connectivity index (χ2n) is 10.8. The van der Waals surface area contributed by atoms with Crippen LogP contribution in [0.15, 0.2) is 72.8 Å². The van der Waals surface area contributed by atoms with Crippen molar-refractivity contribution in [3.05, 3.63) is 99.6 Å². The molecule has 0 aromatic heterocycles. The minimum atomic E-state index is -1.54. The molecule has 3 aromatic carbocycles. The van der Waals surface area contributed by atoms with E-state index in [0.717, 1.165) is 10.5 Å². The summed E-state index contributed by atoms with van der Waals surface area (Å²) in [6.07, 6.45) is -0.505. The summed E-state index contributed by atoms with van der Waals surface area (Å²) in [4.78, 5) is 65.1. The maximum absolute atomic E-state index is 13.9. The van der Waals surface area contributed by atoms with Crippen LogP contribution in [0, 0.1) is 16.0 Å². The number of ether oxygens (including phenoxy) is 4. The number of esters is 1. The van der Waals surface area contributed by atoms with E-state index < -0.39 is 52.7 Å². The van der Waals surface area contributed by atoms with Crippen LogP contribution in [0.4, 0.5) is 10.5 Å². The van der Waals surface area contributed by atoms with Gasteiger partial charge in [0, 0.05) is 24.7 Å². The van der Waals surface area contributed by atoms with E-state index in [1.54, 1.807) is 43.5 Å². The van der Waals surface area contributed by atoms with Gasteiger partial charge in [0.25, 0.3) is 5.69 Å². The van der Waals surface area contributed by atoms with Crippen molar-refractivity contribution in [2.24, 2.45) is 5.92 Å². The second-order valence-corrected chi connectivity index (χ2v) is 10.8. The number of benzene rings is 3. The topological polar surface area (TPSA) is 155 Å². The number of carbonyl (C=O) groups excluding carboxylic acids is 4. The number of nitrogens with zero attached hydrogens (tertiary/aromatic N) is 3. The third kappa shape index (κ3) is 6.07. The molecule has 1 saturated heterocycles. The molecule has 13 heteroatoms. The predicted molar refractivity (Wildman–Crippen MR) is 157 cm³/mol. The number of para-hydroxylation sites is 1. The fourth-order valence-electron chi connectivity index (χ4n) is 5.65. The van der Waals surface area contributed by atoms with Crippen LogP contribution in [0.3, 0.4) is 0 Å². The van der Waals surface area contributed by atoms with E-state index in [1.807, 2.05) is 12.1 Å². The first kappa shape index (κ1) is 31.1. The van der Waals surface area contributed by atoms with Gasteiger partial charge in [-0.1, -0.05) is 30.3 Å². The first-order chi connectivity index (χ1) is 21.6. The average molecular weight is 618 g/mol. The van der Waals surface area contributed by atoms with Crippen molar-refractivity contribution in [3.8, 4) is 11.5 Å². The molecule has 2 aliphatic rings. The predicted octanol–water partition coefficient (Wildman–Crippen LogP) is 4.30. The summed E-state index contributed by atoms with van der Waals surface area (Å²) in [5.41, 5.74) is -0.333. The summed E-state index contributed by atoms with van der Waals surface area (Å²) in [6.45, 7) is 0.906. The van der Waals surface area contributed by atoms with Crippen LogP contribution < -0.4 is 9.47 Å². The third-order valence-corrected chi connectivity index (χ3v) is 7.94. The number of ketones is 1. The van der Waals surface area contributed by atoms with Gasteiger partial charge in [0.2, 0.25) is 11.6 Å². The van der Waals surface area contributed by atoms with Crippen molar-refractivity contribution in [1.82, 2.24) is 9.80 Å². The lowest BCUT2D eigenvalue weighted by Crippen LogP contribution is -2.73. The smallest absolute Gasteiger partial charge is 0.338 e. The van der Waals surface area contributed by atoms with Crippen LogP contribution in [-0.4, -0.2) is 71.5 Å². The van der Waals surface area contributed by atoms with Gasteiger partial charge in [-0.3, -0.25) is 29.5 Å². The molecule has 2 heterocycles. The number of methoxy groups -OCH3 is 1. The fourth-order valence-corrected chi connectivity index (χ4v) is 5.65. The van der Waals surface area contributed by atoms with Gasteiger partial charge in [-0.2, -0.15) is 0 Å². The Hall–Kier alpha value is -5.30. The Labute approximate surface area is 258 Å². The lowest BCUT2D eigenvalue weighted by molar-refractivity contribution is -0.384. The number of nitro benzene ring substituents is 1. The molecule has 0 N–H and O–H groups in total. The molecule has 0 unspecified atom stereocenters. The lowest BCUT2D eigenvalue weighted by atomic mass is 9.78. The normalized spacial score (nSPS) is 20.1. The van der Waals surface area contributed by atoms with Gasteiger partial charge in [-0.15, -0.1) is 0 Å². The number of imide groups is 1. The van der Waals surface area contributed by atoms with Crippen LogP contribution in [-0.2, 0) is 25.7 Å². The number of likely N-dealkylation sites (N-methyl/N-ethyl adjacent to an activating group) is 1. The van der Waals surface area contributed by atoms with E-state index >= 15 is 0 Å². The summed E-state index contributed by atoms with van der Waals surface area (Å²) in [5.74, 6) is -1.70. The molecule has 0 radical (unpaired) electrons. The largest absolute Gasteiger partial charge is 0.497 e. The van der Waals surface area contributed by atoms with Gasteiger partial charge in [0.05, 0.1) is 42.6 Å². The number of carbonyl (C=O) groups is 4. The number of rotatable bonds is 11. The highest BCUT2D eigenvalue weighted by Crippen LogP contribution is 2.52. The summed E-state index contributed by atoms with van der Waals surface area (Å²) in [5, 5.41) is 11.1. The van der Waals surface area contributed by atoms with Crippen molar-refractivity contribution >= 4 is 29.4 Å². The molecule has 3 atom stereocenters. The molecule has 2 bridgehead atoms. The van der Waals surface area contributed by atoms with Gasteiger partial charge < -0.3 is 18.9 Å². The Morgan fingerprint density at radius 1 is 1.02 bits per heavy atom. The minimum Gasteiger partial charge on any atom is -0.497 e. The number of nitro groups is 1. The summed E-state index contributed by atoms with van der Waals surface area (Å²) >= 11 is 0. The number of fused-ring (bicyclic) bond motifs is 4. The Morgan fingerprint density at radius 3 is 2.36 bits per heavy atom. The monoisotopic (exact) mass is 617 g/mol. The molecular formula is C32H31N3O10. The third-order valence-electron chi connectivity index (χ3n) is 7.94. The quantitative estimate of drug-likeness (QED) is 0.132. The molecule has 2 aliphatic heterocycles. The van der Waals surface area contributed by atoms with Gasteiger partial charge in [-0.25, -0.2) is 9.59 Å². The SMILES string of the molecule is COc1ccc(COC[C@]23Oc4ccccc4[C@H]([C@H]2COC(=O)c2ccc([N+](=O)[O-])cc2)N(C(=O)CC(C)=O)C(=O)N3C)cc1. The zero-order chi connectivity index (χ0) is 32.3. The summed E-state index contributed by atoms with van der Waals surface area (Å²) < 4.78 is 23.6. The number of hydrogen-bond donors (Lipinski definition) is 0. The highest BCUT2D eigenvalue weighted by atomic mass is 16.6. The van der Waals surface area contributed by atoms with Gasteiger partial charge in [0.1, 0.15) is 30.5 Å². The minimum absolute atomic E-state index is 0.0710. The molecule has 1 fully saturated rings. The molecule has 0 saturated carbocycles. The van der Waals surface area contributed by atoms with E-state index in [2.05, 4.69) is 0 Å². The van der Waals surface area contributed by atoms with Gasteiger partial charge in [-0.05, 0) is 42.8 Å². The summed E-state index contributed by atoms with van der Waals surface area (Å²) in [6, 6.07) is 17.4. The van der Waals surface area contributed by atoms with E-state index in [9.17, 15) is 29.3 Å². The first-order valence-corrected chi connectivity index (χ1v) is 14.0. The van der Waals surface area contributed by atoms with Gasteiger partial charge in [0.15, 0.2) is 0 Å². The Bertz CT molecular complexity index is 1620. The first-order valence-electron chi connectivity index (χ1n) is 14.0. The van der Waals surface area contributed by atoms with Crippen LogP contribution in [0.25, 0.3) is 0 Å². The Balaban J connectivity index is 1.51. The van der Waals surface area contributed by atoms with E-state index in [0.29, 0.717) is 17.1 Å². The second kappa shape index (κ2) is 12.7. The van der Waals surface area contributed by atoms with E-state index in [4.69, 9.17) is 18.9 Å². The summed E-state index contributed by atoms with van der Waals surface area (Å²) in [7, 11) is 3.02. The highest BCUT2D eigenvalue weighted by Gasteiger charge is 2.63. The Kier molecular flexibility index (Phi) is 8.82. The van der Waals surface area contributed by atoms with Crippen molar-refractivity contribution in [3.63, 3.8) is 0 Å². The molecule has 3 aromatic rings. The fraction of sp³-hybridized carbons (Fsp3) is 0.312. The maximum atomic E-state index is 13.9. The standard InChI is InChI=1S/C32H31N3O10/c1-20(36)16-28(37)34-29-25-6-4-5-7-27(25)45-32(33(2)31(34)39,19-43-17-21-8-14-24(42-3)15-9-21)26(29)18-44-30(38)22-10-12-23(13-11-22)35(40)41/h4-15,26,29H,16-19H2,1-3H3/t26-,29-,32+/m1/s1. The molecule has 3 amide bonds. The zero-order valence-corrected chi connectivity index (χ0v) is 24.8. The molecule has 0 spiro atoms. The van der Waals surface area contributed by atoms with Crippen LogP contribution >= 0.6 is 0 Å². The van der Waals surface area contributed by atoms with Crippen LogP contribution in [0.1, 0.15) is 40.9 Å². The van der Waals surface area contributed by atoms with Crippen molar-refractivity contribution in [2.75, 3.05) is 27.4 Å². The lowest BCUT2D eigenvalue weighted by Gasteiger charge is -2.58.